The number of nitro groups is 2. The van der Waals surface area contributed by atoms with Crippen LogP contribution in [0.25, 0.3) is 0 Å². The fraction of sp³-hybridized carbons (Fsp3) is 0.562. The molecule has 0 amide bonds. The van der Waals surface area contributed by atoms with Gasteiger partial charge in [0.05, 0.1) is 32.7 Å². The van der Waals surface area contributed by atoms with Crippen molar-refractivity contribution in [3.8, 4) is 0 Å². The Bertz CT molecular complexity index is 593. The van der Waals surface area contributed by atoms with Crippen LogP contribution in [0.3, 0.4) is 0 Å². The maximum atomic E-state index is 10.5. The number of thioether (sulfide) groups is 2. The maximum absolute atomic E-state index is 10.5. The molecule has 0 unspecified atom stereocenters. The number of rotatable bonds is 8. The van der Waals surface area contributed by atoms with Gasteiger partial charge in [-0.3, -0.25) is 20.2 Å². The molecule has 0 aliphatic carbocycles. The van der Waals surface area contributed by atoms with E-state index in [1.165, 1.54) is 25.7 Å². The number of hydrogen-bond acceptors (Lipinski definition) is 8. The molecule has 9 nitrogen and oxygen atoms in total. The van der Waals surface area contributed by atoms with Crippen molar-refractivity contribution in [1.29, 1.82) is 0 Å². The second-order valence-corrected chi connectivity index (χ2v) is 8.80. The number of unbranched alkanes of at least 4 members (excludes halogenated alkanes) is 2. The number of carboxylic acid groups (broad SMARTS) is 1. The first kappa shape index (κ1) is 23.2. The zero-order valence-corrected chi connectivity index (χ0v) is 16.4. The van der Waals surface area contributed by atoms with Crippen LogP contribution in [-0.4, -0.2) is 48.2 Å². The Morgan fingerprint density at radius 2 is 1.78 bits per heavy atom. The van der Waals surface area contributed by atoms with E-state index >= 15 is 0 Å². The summed E-state index contributed by atoms with van der Waals surface area (Å²) in [6, 6.07) is 2.22. The van der Waals surface area contributed by atoms with Gasteiger partial charge in [0.1, 0.15) is 0 Å². The molecule has 0 saturated carbocycles. The van der Waals surface area contributed by atoms with E-state index in [0.29, 0.717) is 17.9 Å². The lowest BCUT2D eigenvalue weighted by molar-refractivity contribution is -0.394. The standard InChI is InChI=1S/C9H18OS2.C7H4N2O6/c1-2-3-4-5-9-11-7-8(6-10)12-9;10-7(11)4-1-5(8(12)13)3-6(2-4)9(14)15/h8-10H,2-7H2,1H3;1-3H,(H,10,11)/t8-,9+;/m0./s1. The average molecular weight is 418 g/mol. The molecule has 0 spiro atoms. The molecular weight excluding hydrogens is 396 g/mol. The Kier molecular flexibility index (Phi) is 10.1. The van der Waals surface area contributed by atoms with Gasteiger partial charge in [0.25, 0.3) is 11.4 Å². The van der Waals surface area contributed by atoms with Gasteiger partial charge in [-0.2, -0.15) is 0 Å². The number of carbonyl (C=O) groups is 1. The van der Waals surface area contributed by atoms with Crippen molar-refractivity contribution in [1.82, 2.24) is 0 Å². The van der Waals surface area contributed by atoms with Crippen LogP contribution in [-0.2, 0) is 0 Å². The normalized spacial score (nSPS) is 18.4. The number of hydrogen-bond donors (Lipinski definition) is 2. The first-order chi connectivity index (χ1) is 12.8. The first-order valence-corrected chi connectivity index (χ1v) is 10.3. The molecule has 150 valence electrons. The quantitative estimate of drug-likeness (QED) is 0.364. The number of carboxylic acids is 1. The van der Waals surface area contributed by atoms with Gasteiger partial charge in [-0.15, -0.1) is 23.5 Å². The van der Waals surface area contributed by atoms with Crippen molar-refractivity contribution in [3.63, 3.8) is 0 Å². The van der Waals surface area contributed by atoms with Crippen LogP contribution in [0.4, 0.5) is 11.4 Å². The van der Waals surface area contributed by atoms with Crippen LogP contribution in [0, 0.1) is 20.2 Å². The molecule has 2 atom stereocenters. The number of benzene rings is 1. The van der Waals surface area contributed by atoms with Gasteiger partial charge in [0.15, 0.2) is 0 Å². The Balaban J connectivity index is 0.000000277. The van der Waals surface area contributed by atoms with Crippen molar-refractivity contribution >= 4 is 40.9 Å². The lowest BCUT2D eigenvalue weighted by atomic mass is 10.2. The van der Waals surface area contributed by atoms with Gasteiger partial charge in [-0.25, -0.2) is 4.79 Å². The Hall–Kier alpha value is -1.85. The van der Waals surface area contributed by atoms with Crippen LogP contribution in [0.15, 0.2) is 18.2 Å². The van der Waals surface area contributed by atoms with Crippen LogP contribution in [0.2, 0.25) is 0 Å². The summed E-state index contributed by atoms with van der Waals surface area (Å²) in [5.41, 5.74) is -1.74. The fourth-order valence-electron chi connectivity index (χ4n) is 2.25. The summed E-state index contributed by atoms with van der Waals surface area (Å²) in [5, 5.41) is 38.7. The van der Waals surface area contributed by atoms with E-state index in [1.54, 1.807) is 0 Å². The molecule has 0 bridgehead atoms. The molecule has 11 heteroatoms. The van der Waals surface area contributed by atoms with Crippen LogP contribution >= 0.6 is 23.5 Å². The average Bonchev–Trinajstić information content (AvgIpc) is 3.10. The summed E-state index contributed by atoms with van der Waals surface area (Å²) >= 11 is 4.00. The third-order valence-corrected chi connectivity index (χ3v) is 7.03. The molecule has 1 heterocycles. The van der Waals surface area contributed by atoms with Crippen LogP contribution in [0.5, 0.6) is 0 Å². The lowest BCUT2D eigenvalue weighted by Crippen LogP contribution is -2.06. The molecule has 0 radical (unpaired) electrons. The third-order valence-electron chi connectivity index (χ3n) is 3.63. The summed E-state index contributed by atoms with van der Waals surface area (Å²) < 4.78 is 0.772. The molecule has 2 rings (SSSR count). The Labute approximate surface area is 164 Å². The third kappa shape index (κ3) is 8.14. The highest BCUT2D eigenvalue weighted by molar-refractivity contribution is 8.20. The highest BCUT2D eigenvalue weighted by Crippen LogP contribution is 2.40. The zero-order valence-electron chi connectivity index (χ0n) is 14.8. The van der Waals surface area contributed by atoms with Crippen molar-refractivity contribution < 1.29 is 24.9 Å². The van der Waals surface area contributed by atoms with E-state index in [2.05, 4.69) is 6.92 Å². The zero-order chi connectivity index (χ0) is 20.4. The largest absolute Gasteiger partial charge is 0.478 e. The SMILES string of the molecule is CCCCC[C@@H]1SC[C@H](CO)S1.O=C(O)c1cc([N+](=O)[O-])cc([N+](=O)[O-])c1. The summed E-state index contributed by atoms with van der Waals surface area (Å²) in [7, 11) is 0. The minimum atomic E-state index is -1.46. The Morgan fingerprint density at radius 3 is 2.19 bits per heavy atom. The summed E-state index contributed by atoms with van der Waals surface area (Å²) in [6.45, 7) is 2.60. The molecule has 1 aliphatic heterocycles. The van der Waals surface area contributed by atoms with Crippen molar-refractivity contribution in [2.24, 2.45) is 0 Å². The number of nitro benzene ring substituents is 2. The molecule has 2 N–H and O–H groups in total. The van der Waals surface area contributed by atoms with Gasteiger partial charge in [-0.05, 0) is 6.42 Å². The second kappa shape index (κ2) is 11.8. The summed E-state index contributed by atoms with van der Waals surface area (Å²) in [4.78, 5) is 29.4. The smallest absolute Gasteiger partial charge is 0.336 e. The van der Waals surface area contributed by atoms with Gasteiger partial charge in [0, 0.05) is 23.1 Å². The summed E-state index contributed by atoms with van der Waals surface area (Å²) in [5.74, 6) is -0.306. The monoisotopic (exact) mass is 418 g/mol. The molecule has 1 aromatic rings. The van der Waals surface area contributed by atoms with Crippen LogP contribution < -0.4 is 0 Å². The molecule has 27 heavy (non-hydrogen) atoms. The lowest BCUT2D eigenvalue weighted by Gasteiger charge is -2.07. The molecular formula is C16H22N2O7S2. The van der Waals surface area contributed by atoms with E-state index in [-0.39, 0.29) is 0 Å². The van der Waals surface area contributed by atoms with E-state index in [1.807, 2.05) is 23.5 Å². The fourth-order valence-corrected chi connectivity index (χ4v) is 5.50. The predicted molar refractivity (Wildman–Crippen MR) is 106 cm³/mol. The highest BCUT2D eigenvalue weighted by atomic mass is 32.2. The van der Waals surface area contributed by atoms with E-state index in [4.69, 9.17) is 10.2 Å². The number of nitrogens with zero attached hydrogens (tertiary/aromatic N) is 2. The van der Waals surface area contributed by atoms with E-state index in [0.717, 1.165) is 22.5 Å². The summed E-state index contributed by atoms with van der Waals surface area (Å²) in [6.07, 6.45) is 5.37. The van der Waals surface area contributed by atoms with Crippen molar-refractivity contribution in [2.45, 2.75) is 42.4 Å². The highest BCUT2D eigenvalue weighted by Gasteiger charge is 2.24. The molecule has 1 aliphatic rings. The van der Waals surface area contributed by atoms with Crippen molar-refractivity contribution in [3.05, 3.63) is 44.0 Å². The van der Waals surface area contributed by atoms with Gasteiger partial charge in [0.2, 0.25) is 0 Å². The number of aromatic carboxylic acids is 1. The molecule has 1 fully saturated rings. The minimum absolute atomic E-state index is 0.363. The number of aliphatic hydroxyl groups is 1. The Morgan fingerprint density at radius 1 is 1.19 bits per heavy atom. The van der Waals surface area contributed by atoms with Crippen LogP contribution in [0.1, 0.15) is 43.0 Å². The van der Waals surface area contributed by atoms with Gasteiger partial charge >= 0.3 is 5.97 Å². The number of aliphatic hydroxyl groups excluding tert-OH is 1. The van der Waals surface area contributed by atoms with Gasteiger partial charge < -0.3 is 10.2 Å². The minimum Gasteiger partial charge on any atom is -0.478 e. The molecule has 0 aromatic heterocycles. The molecule has 1 aromatic carbocycles. The predicted octanol–water partition coefficient (Wildman–Crippen LogP) is 3.93. The topological polar surface area (TPSA) is 144 Å². The second-order valence-electron chi connectivity index (χ2n) is 5.76. The van der Waals surface area contributed by atoms with E-state index < -0.39 is 32.8 Å². The van der Waals surface area contributed by atoms with Crippen molar-refractivity contribution in [2.75, 3.05) is 12.4 Å². The number of non-ortho nitro benzene ring substituents is 2. The van der Waals surface area contributed by atoms with Gasteiger partial charge in [-0.1, -0.05) is 26.2 Å². The maximum Gasteiger partial charge on any atom is 0.336 e. The van der Waals surface area contributed by atoms with E-state index in [9.17, 15) is 25.0 Å². The molecule has 1 saturated heterocycles. The first-order valence-electron chi connectivity index (χ1n) is 8.33.